The molecule has 0 aromatic heterocycles. The van der Waals surface area contributed by atoms with E-state index >= 15 is 0 Å². The fourth-order valence-corrected chi connectivity index (χ4v) is 2.06. The number of aryl methyl sites for hydroxylation is 1. The Labute approximate surface area is 153 Å². The molecule has 1 aliphatic rings. The van der Waals surface area contributed by atoms with E-state index < -0.39 is 23.5 Å². The van der Waals surface area contributed by atoms with Crippen LogP contribution in [0.4, 0.5) is 0 Å². The number of aliphatic carboxylic acids is 1. The number of carbonyl (C=O) groups is 2. The second-order valence-electron chi connectivity index (χ2n) is 4.75. The third-order valence-electron chi connectivity index (χ3n) is 3.23. The summed E-state index contributed by atoms with van der Waals surface area (Å²) in [5.41, 5.74) is -0.0238. The van der Waals surface area contributed by atoms with Crippen molar-refractivity contribution >= 4 is 11.9 Å². The molecule has 2 N–H and O–H groups in total. The minimum atomic E-state index is -1.43. The van der Waals surface area contributed by atoms with Gasteiger partial charge in [-0.3, -0.25) is 4.79 Å². The zero-order valence-corrected chi connectivity index (χ0v) is 14.1. The summed E-state index contributed by atoms with van der Waals surface area (Å²) in [6.45, 7) is 1.90. The molecule has 6 heteroatoms. The standard InChI is InChI=1S/C13H15NO4.K/c1-8-2-4-9(5-3-8)11(16)14-13(12(17)18)6-10(15)7-13;/h2-5,10,15H,6-7H2,1H3,(H,14,16)(H,17,18);/q;+1/p-1. The van der Waals surface area contributed by atoms with E-state index in [1.54, 1.807) is 24.3 Å². The topological polar surface area (TPSA) is 89.5 Å². The van der Waals surface area contributed by atoms with Crippen LogP contribution in [0.15, 0.2) is 24.3 Å². The molecule has 1 fully saturated rings. The fraction of sp³-hybridized carbons (Fsp3) is 0.385. The molecule has 1 aromatic carbocycles. The van der Waals surface area contributed by atoms with E-state index in [1.807, 2.05) is 6.92 Å². The van der Waals surface area contributed by atoms with Crippen LogP contribution in [-0.2, 0) is 4.79 Å². The van der Waals surface area contributed by atoms with Gasteiger partial charge in [-0.15, -0.1) is 0 Å². The predicted octanol–water partition coefficient (Wildman–Crippen LogP) is -3.63. The summed E-state index contributed by atoms with van der Waals surface area (Å²) in [7, 11) is 0. The number of carboxylic acids is 1. The molecule has 1 saturated carbocycles. The van der Waals surface area contributed by atoms with E-state index in [-0.39, 0.29) is 64.2 Å². The normalized spacial score (nSPS) is 24.8. The van der Waals surface area contributed by atoms with Crippen LogP contribution in [0.5, 0.6) is 0 Å². The van der Waals surface area contributed by atoms with Crippen molar-refractivity contribution in [3.63, 3.8) is 0 Å². The minimum absolute atomic E-state index is 0. The summed E-state index contributed by atoms with van der Waals surface area (Å²) in [4.78, 5) is 22.9. The first-order chi connectivity index (χ1) is 8.43. The van der Waals surface area contributed by atoms with Gasteiger partial charge in [0.25, 0.3) is 5.91 Å². The monoisotopic (exact) mass is 287 g/mol. The molecule has 5 nitrogen and oxygen atoms in total. The molecule has 1 aliphatic carbocycles. The van der Waals surface area contributed by atoms with E-state index in [4.69, 9.17) is 0 Å². The van der Waals surface area contributed by atoms with Gasteiger partial charge in [-0.25, -0.2) is 0 Å². The van der Waals surface area contributed by atoms with Gasteiger partial charge in [0.15, 0.2) is 0 Å². The van der Waals surface area contributed by atoms with E-state index in [1.165, 1.54) is 0 Å². The molecular weight excluding hydrogens is 273 g/mol. The summed E-state index contributed by atoms with van der Waals surface area (Å²) in [5, 5.41) is 22.7. The van der Waals surface area contributed by atoms with Crippen molar-refractivity contribution in [3.05, 3.63) is 35.4 Å². The number of hydrogen-bond acceptors (Lipinski definition) is 4. The van der Waals surface area contributed by atoms with Gasteiger partial charge < -0.3 is 20.3 Å². The Bertz CT molecular complexity index is 480. The van der Waals surface area contributed by atoms with Gasteiger partial charge in [0.05, 0.1) is 17.6 Å². The van der Waals surface area contributed by atoms with Crippen molar-refractivity contribution in [1.82, 2.24) is 5.32 Å². The SMILES string of the molecule is Cc1ccc(C(=O)NC2(C(=O)[O-])CC(O)C2)cc1.[K+]. The van der Waals surface area contributed by atoms with Crippen molar-refractivity contribution in [1.29, 1.82) is 0 Å². The molecule has 0 bridgehead atoms. The first-order valence-electron chi connectivity index (χ1n) is 5.72. The average molecular weight is 287 g/mol. The Morgan fingerprint density at radius 3 is 2.26 bits per heavy atom. The molecule has 0 atom stereocenters. The van der Waals surface area contributed by atoms with Crippen molar-refractivity contribution in [2.45, 2.75) is 31.4 Å². The Morgan fingerprint density at radius 1 is 1.32 bits per heavy atom. The quantitative estimate of drug-likeness (QED) is 0.562. The van der Waals surface area contributed by atoms with Gasteiger partial charge in [-0.05, 0) is 19.1 Å². The van der Waals surface area contributed by atoms with Crippen LogP contribution < -0.4 is 61.8 Å². The van der Waals surface area contributed by atoms with Gasteiger partial charge in [-0.1, -0.05) is 17.7 Å². The number of aliphatic hydroxyl groups is 1. The number of aliphatic hydroxyl groups excluding tert-OH is 1. The summed E-state index contributed by atoms with van der Waals surface area (Å²) >= 11 is 0. The molecule has 0 heterocycles. The van der Waals surface area contributed by atoms with Gasteiger partial charge >= 0.3 is 51.4 Å². The van der Waals surface area contributed by atoms with E-state index in [0.29, 0.717) is 5.56 Å². The summed E-state index contributed by atoms with van der Waals surface area (Å²) in [5.74, 6) is -1.82. The van der Waals surface area contributed by atoms with Crippen LogP contribution in [-0.4, -0.2) is 28.6 Å². The van der Waals surface area contributed by atoms with Crippen LogP contribution in [0.2, 0.25) is 0 Å². The smallest absolute Gasteiger partial charge is 0.548 e. The van der Waals surface area contributed by atoms with Crippen LogP contribution in [0, 0.1) is 6.92 Å². The predicted molar refractivity (Wildman–Crippen MR) is 61.6 cm³/mol. The summed E-state index contributed by atoms with van der Waals surface area (Å²) in [6.07, 6.45) is -0.707. The van der Waals surface area contributed by atoms with Crippen molar-refractivity contribution in [2.24, 2.45) is 0 Å². The molecule has 0 radical (unpaired) electrons. The van der Waals surface area contributed by atoms with Crippen LogP contribution >= 0.6 is 0 Å². The van der Waals surface area contributed by atoms with E-state index in [0.717, 1.165) is 5.56 Å². The largest absolute Gasteiger partial charge is 1.00 e. The third kappa shape index (κ3) is 3.65. The number of amides is 1. The number of carboxylic acid groups (broad SMARTS) is 1. The van der Waals surface area contributed by atoms with Crippen molar-refractivity contribution < 1.29 is 71.2 Å². The molecule has 0 aliphatic heterocycles. The van der Waals surface area contributed by atoms with Gasteiger partial charge in [-0.2, -0.15) is 0 Å². The Morgan fingerprint density at radius 2 is 1.84 bits per heavy atom. The summed E-state index contributed by atoms with van der Waals surface area (Å²) < 4.78 is 0. The molecule has 2 rings (SSSR count). The number of carbonyl (C=O) groups excluding carboxylic acids is 2. The van der Waals surface area contributed by atoms with E-state index in [2.05, 4.69) is 5.32 Å². The van der Waals surface area contributed by atoms with Crippen LogP contribution in [0.1, 0.15) is 28.8 Å². The summed E-state index contributed by atoms with van der Waals surface area (Å²) in [6, 6.07) is 6.80. The van der Waals surface area contributed by atoms with Crippen LogP contribution in [0.25, 0.3) is 0 Å². The minimum Gasteiger partial charge on any atom is -0.548 e. The first-order valence-corrected chi connectivity index (χ1v) is 5.72. The van der Waals surface area contributed by atoms with Gasteiger partial charge in [0.1, 0.15) is 0 Å². The van der Waals surface area contributed by atoms with Crippen molar-refractivity contribution in [3.8, 4) is 0 Å². The molecule has 1 aromatic rings. The van der Waals surface area contributed by atoms with Gasteiger partial charge in [0, 0.05) is 18.4 Å². The Hall–Kier alpha value is -0.244. The van der Waals surface area contributed by atoms with E-state index in [9.17, 15) is 19.8 Å². The maximum Gasteiger partial charge on any atom is 1.00 e. The molecule has 0 saturated heterocycles. The molecule has 0 unspecified atom stereocenters. The maximum absolute atomic E-state index is 11.9. The maximum atomic E-state index is 11.9. The van der Waals surface area contributed by atoms with Crippen LogP contribution in [0.3, 0.4) is 0 Å². The third-order valence-corrected chi connectivity index (χ3v) is 3.23. The zero-order valence-electron chi connectivity index (χ0n) is 11.0. The number of benzene rings is 1. The second-order valence-corrected chi connectivity index (χ2v) is 4.75. The molecule has 96 valence electrons. The Balaban J connectivity index is 0.00000180. The first kappa shape index (κ1) is 16.8. The zero-order chi connectivity index (χ0) is 13.3. The number of hydrogen-bond donors (Lipinski definition) is 2. The second kappa shape index (κ2) is 6.47. The van der Waals surface area contributed by atoms with Crippen molar-refractivity contribution in [2.75, 3.05) is 0 Å². The number of rotatable bonds is 3. The molecule has 0 spiro atoms. The molecule has 1 amide bonds. The average Bonchev–Trinajstić information content (AvgIpc) is 2.27. The molecular formula is C13H14KNO4. The van der Waals surface area contributed by atoms with Gasteiger partial charge in [0.2, 0.25) is 0 Å². The number of nitrogens with one attached hydrogen (secondary N) is 1. The fourth-order valence-electron chi connectivity index (χ4n) is 2.06. The Kier molecular flexibility index (Phi) is 5.73. The molecule has 19 heavy (non-hydrogen) atoms.